The van der Waals surface area contributed by atoms with Gasteiger partial charge in [0.15, 0.2) is 0 Å². The van der Waals surface area contributed by atoms with Crippen molar-refractivity contribution < 1.29 is 9.50 Å². The van der Waals surface area contributed by atoms with Crippen LogP contribution in [0.25, 0.3) is 22.2 Å². The second-order valence-electron chi connectivity index (χ2n) is 8.65. The van der Waals surface area contributed by atoms with E-state index in [0.717, 1.165) is 53.5 Å². The summed E-state index contributed by atoms with van der Waals surface area (Å²) in [5, 5.41) is 15.5. The second kappa shape index (κ2) is 8.72. The highest BCUT2D eigenvalue weighted by Crippen LogP contribution is 2.38. The molecule has 0 bridgehead atoms. The molecule has 6 nitrogen and oxygen atoms in total. The quantitative estimate of drug-likeness (QED) is 0.321. The highest BCUT2D eigenvalue weighted by Gasteiger charge is 2.25. The summed E-state index contributed by atoms with van der Waals surface area (Å²) in [6.07, 6.45) is 8.61. The topological polar surface area (TPSA) is 92.8 Å². The van der Waals surface area contributed by atoms with Crippen molar-refractivity contribution in [3.8, 4) is 11.1 Å². The number of fused-ring (bicyclic) bond motifs is 1. The lowest BCUT2D eigenvalue weighted by Crippen LogP contribution is -2.22. The molecule has 0 radical (unpaired) electrons. The number of aliphatic hydroxyl groups is 1. The van der Waals surface area contributed by atoms with Gasteiger partial charge in [-0.3, -0.25) is 4.68 Å². The summed E-state index contributed by atoms with van der Waals surface area (Å²) in [5.41, 5.74) is 11.2. The largest absolute Gasteiger partial charge is 0.393 e. The Labute approximate surface area is 200 Å². The number of aromatic nitrogens is 4. The third kappa shape index (κ3) is 3.93. The molecule has 172 valence electrons. The monoisotopic (exact) mass is 487 g/mol. The SMILES string of the molecule is Cc1c(-c2cnc3[nH]cc(C(N)c4c(Cl)ccc(F)c4Cl)c3c2)cnn1[C@H]1CC[C@H](O)CC1. The van der Waals surface area contributed by atoms with E-state index in [1.807, 2.05) is 19.2 Å². The number of rotatable bonds is 4. The predicted molar refractivity (Wildman–Crippen MR) is 128 cm³/mol. The van der Waals surface area contributed by atoms with Gasteiger partial charge in [-0.25, -0.2) is 9.37 Å². The molecule has 1 aliphatic rings. The molecule has 0 saturated heterocycles. The van der Waals surface area contributed by atoms with E-state index in [2.05, 4.69) is 19.7 Å². The van der Waals surface area contributed by atoms with Gasteiger partial charge in [0.2, 0.25) is 0 Å². The van der Waals surface area contributed by atoms with Crippen LogP contribution in [0.4, 0.5) is 4.39 Å². The smallest absolute Gasteiger partial charge is 0.142 e. The number of benzene rings is 1. The first kappa shape index (κ1) is 22.3. The molecule has 33 heavy (non-hydrogen) atoms. The number of hydrogen-bond donors (Lipinski definition) is 3. The van der Waals surface area contributed by atoms with E-state index in [1.54, 1.807) is 12.4 Å². The number of hydrogen-bond acceptors (Lipinski definition) is 4. The maximum Gasteiger partial charge on any atom is 0.142 e. The molecule has 1 fully saturated rings. The number of halogens is 3. The Kier molecular flexibility index (Phi) is 5.91. The summed E-state index contributed by atoms with van der Waals surface area (Å²) in [4.78, 5) is 7.70. The van der Waals surface area contributed by atoms with E-state index < -0.39 is 11.9 Å². The lowest BCUT2D eigenvalue weighted by molar-refractivity contribution is 0.107. The maximum atomic E-state index is 14.1. The third-order valence-corrected chi connectivity index (χ3v) is 7.37. The first-order valence-corrected chi connectivity index (χ1v) is 11.7. The number of nitrogens with zero attached hydrogens (tertiary/aromatic N) is 3. The van der Waals surface area contributed by atoms with Crippen LogP contribution in [0.3, 0.4) is 0 Å². The Bertz CT molecular complexity index is 1330. The summed E-state index contributed by atoms with van der Waals surface area (Å²) in [7, 11) is 0. The number of aromatic amines is 1. The Morgan fingerprint density at radius 1 is 1.21 bits per heavy atom. The summed E-state index contributed by atoms with van der Waals surface area (Å²) >= 11 is 12.5. The molecule has 1 atom stereocenters. The zero-order valence-electron chi connectivity index (χ0n) is 18.0. The van der Waals surface area contributed by atoms with Crippen LogP contribution in [-0.4, -0.2) is 31.0 Å². The molecule has 4 aromatic rings. The van der Waals surface area contributed by atoms with Crippen molar-refractivity contribution >= 4 is 34.2 Å². The van der Waals surface area contributed by atoms with Crippen LogP contribution in [0, 0.1) is 12.7 Å². The Morgan fingerprint density at radius 3 is 2.73 bits per heavy atom. The lowest BCUT2D eigenvalue weighted by atomic mass is 9.93. The van der Waals surface area contributed by atoms with Crippen molar-refractivity contribution in [3.05, 3.63) is 69.5 Å². The van der Waals surface area contributed by atoms with E-state index in [9.17, 15) is 9.50 Å². The molecular weight excluding hydrogens is 464 g/mol. The average Bonchev–Trinajstić information content (AvgIpc) is 3.40. The van der Waals surface area contributed by atoms with Crippen molar-refractivity contribution in [3.63, 3.8) is 0 Å². The Balaban J connectivity index is 1.53. The van der Waals surface area contributed by atoms with Crippen LogP contribution in [-0.2, 0) is 0 Å². The fourth-order valence-electron chi connectivity index (χ4n) is 4.79. The summed E-state index contributed by atoms with van der Waals surface area (Å²) in [6, 6.07) is 4.24. The summed E-state index contributed by atoms with van der Waals surface area (Å²) in [6.45, 7) is 2.05. The number of H-pyrrole nitrogens is 1. The van der Waals surface area contributed by atoms with Gasteiger partial charge in [-0.1, -0.05) is 23.2 Å². The van der Waals surface area contributed by atoms with Gasteiger partial charge >= 0.3 is 0 Å². The van der Waals surface area contributed by atoms with E-state index in [0.29, 0.717) is 16.2 Å². The van der Waals surface area contributed by atoms with Crippen LogP contribution in [0.1, 0.15) is 54.6 Å². The van der Waals surface area contributed by atoms with Crippen LogP contribution in [0.15, 0.2) is 36.8 Å². The van der Waals surface area contributed by atoms with Crippen LogP contribution >= 0.6 is 23.2 Å². The van der Waals surface area contributed by atoms with Crippen LogP contribution in [0.5, 0.6) is 0 Å². The molecule has 1 saturated carbocycles. The van der Waals surface area contributed by atoms with E-state index >= 15 is 0 Å². The van der Waals surface area contributed by atoms with Crippen molar-refractivity contribution in [2.24, 2.45) is 5.73 Å². The van der Waals surface area contributed by atoms with E-state index in [4.69, 9.17) is 28.9 Å². The van der Waals surface area contributed by atoms with Gasteiger partial charge in [0.05, 0.1) is 29.4 Å². The van der Waals surface area contributed by atoms with Gasteiger partial charge in [0.1, 0.15) is 11.5 Å². The van der Waals surface area contributed by atoms with Gasteiger partial charge in [0.25, 0.3) is 0 Å². The molecule has 0 amide bonds. The minimum Gasteiger partial charge on any atom is -0.393 e. The highest BCUT2D eigenvalue weighted by molar-refractivity contribution is 6.36. The molecule has 0 aliphatic heterocycles. The molecule has 9 heteroatoms. The minimum atomic E-state index is -0.732. The van der Waals surface area contributed by atoms with E-state index in [-0.39, 0.29) is 17.2 Å². The van der Waals surface area contributed by atoms with Crippen LogP contribution in [0.2, 0.25) is 10.0 Å². The standard InChI is InChI=1S/C24H24Cl2FN5O/c1-12-17(11-31-32(12)14-2-4-15(33)5-3-14)13-8-16-18(10-30-24(16)29-9-13)23(28)21-19(25)6-7-20(27)22(21)26/h6-11,14-15,23,33H,2-5,28H2,1H3,(H,29,30)/t14-,15-,23?. The van der Waals surface area contributed by atoms with Crippen molar-refractivity contribution in [1.29, 1.82) is 0 Å². The number of nitrogens with two attached hydrogens (primary N) is 1. The van der Waals surface area contributed by atoms with Crippen molar-refractivity contribution in [2.75, 3.05) is 0 Å². The zero-order chi connectivity index (χ0) is 23.3. The van der Waals surface area contributed by atoms with Gasteiger partial charge in [0, 0.05) is 50.8 Å². The third-order valence-electron chi connectivity index (χ3n) is 6.66. The molecule has 3 heterocycles. The normalized spacial score (nSPS) is 19.8. The number of nitrogens with one attached hydrogen (secondary N) is 1. The average molecular weight is 488 g/mol. The van der Waals surface area contributed by atoms with Gasteiger partial charge in [-0.05, 0) is 50.8 Å². The highest BCUT2D eigenvalue weighted by atomic mass is 35.5. The van der Waals surface area contributed by atoms with Crippen molar-refractivity contribution in [2.45, 2.75) is 50.8 Å². The Morgan fingerprint density at radius 2 is 1.97 bits per heavy atom. The minimum absolute atomic E-state index is 0.0804. The molecule has 0 spiro atoms. The number of aliphatic hydroxyl groups excluding tert-OH is 1. The lowest BCUT2D eigenvalue weighted by Gasteiger charge is -2.26. The summed E-state index contributed by atoms with van der Waals surface area (Å²) in [5.74, 6) is -0.566. The predicted octanol–water partition coefficient (Wildman–Crippen LogP) is 5.70. The van der Waals surface area contributed by atoms with E-state index in [1.165, 1.54) is 12.1 Å². The fourth-order valence-corrected chi connectivity index (χ4v) is 5.40. The molecule has 1 aromatic carbocycles. The first-order chi connectivity index (χ1) is 15.8. The first-order valence-electron chi connectivity index (χ1n) is 10.9. The Hall–Kier alpha value is -2.45. The molecule has 5 rings (SSSR count). The maximum absolute atomic E-state index is 14.1. The van der Waals surface area contributed by atoms with Gasteiger partial charge in [-0.15, -0.1) is 0 Å². The van der Waals surface area contributed by atoms with Gasteiger partial charge in [-0.2, -0.15) is 5.10 Å². The molecule has 4 N–H and O–H groups in total. The van der Waals surface area contributed by atoms with Crippen LogP contribution < -0.4 is 5.73 Å². The zero-order valence-corrected chi connectivity index (χ0v) is 19.5. The summed E-state index contributed by atoms with van der Waals surface area (Å²) < 4.78 is 16.1. The molecule has 3 aromatic heterocycles. The molecular formula is C24H24Cl2FN5O. The van der Waals surface area contributed by atoms with Gasteiger partial charge < -0.3 is 15.8 Å². The van der Waals surface area contributed by atoms with Crippen molar-refractivity contribution in [1.82, 2.24) is 19.7 Å². The fraction of sp³-hybridized carbons (Fsp3) is 0.333. The number of pyridine rings is 1. The second-order valence-corrected chi connectivity index (χ2v) is 9.43. The molecule has 1 unspecified atom stereocenters. The molecule has 1 aliphatic carbocycles.